The van der Waals surface area contributed by atoms with Crippen LogP contribution >= 0.6 is 11.8 Å². The molecule has 2 rings (SSSR count). The second kappa shape index (κ2) is 5.00. The fourth-order valence-electron chi connectivity index (χ4n) is 2.18. The Morgan fingerprint density at radius 1 is 1.59 bits per heavy atom. The number of carbonyl (C=O) groups is 1. The SMILES string of the molecule is CCc1nn(C2CCSCC2)c(N)c1C(=O)O. The lowest BCUT2D eigenvalue weighted by molar-refractivity contribution is 0.0697. The van der Waals surface area contributed by atoms with Crippen LogP contribution in [0.5, 0.6) is 0 Å². The Bertz CT molecular complexity index is 425. The molecule has 0 radical (unpaired) electrons. The maximum atomic E-state index is 11.2. The third-order valence-corrected chi connectivity index (χ3v) is 4.15. The van der Waals surface area contributed by atoms with Gasteiger partial charge in [0, 0.05) is 0 Å². The highest BCUT2D eigenvalue weighted by Gasteiger charge is 2.25. The van der Waals surface area contributed by atoms with Crippen LogP contribution in [-0.2, 0) is 6.42 Å². The van der Waals surface area contributed by atoms with E-state index in [1.54, 1.807) is 4.68 Å². The number of nitrogens with zero attached hydrogens (tertiary/aromatic N) is 2. The summed E-state index contributed by atoms with van der Waals surface area (Å²) in [6.07, 6.45) is 2.62. The van der Waals surface area contributed by atoms with Gasteiger partial charge in [-0.2, -0.15) is 16.9 Å². The molecule has 0 aromatic carbocycles. The number of rotatable bonds is 3. The third kappa shape index (κ3) is 2.26. The van der Waals surface area contributed by atoms with Crippen LogP contribution in [0, 0.1) is 0 Å². The van der Waals surface area contributed by atoms with Crippen molar-refractivity contribution in [3.05, 3.63) is 11.3 Å². The molecule has 94 valence electrons. The van der Waals surface area contributed by atoms with E-state index in [-0.39, 0.29) is 11.6 Å². The highest BCUT2D eigenvalue weighted by molar-refractivity contribution is 7.99. The number of nitrogen functional groups attached to an aromatic ring is 1. The zero-order valence-electron chi connectivity index (χ0n) is 9.85. The smallest absolute Gasteiger partial charge is 0.341 e. The fourth-order valence-corrected chi connectivity index (χ4v) is 3.27. The van der Waals surface area contributed by atoms with Gasteiger partial charge in [0.2, 0.25) is 0 Å². The largest absolute Gasteiger partial charge is 0.477 e. The van der Waals surface area contributed by atoms with Crippen LogP contribution in [0.2, 0.25) is 0 Å². The highest BCUT2D eigenvalue weighted by atomic mass is 32.2. The molecule has 2 heterocycles. The minimum atomic E-state index is -0.976. The van der Waals surface area contributed by atoms with Crippen molar-refractivity contribution in [3.8, 4) is 0 Å². The van der Waals surface area contributed by atoms with Crippen molar-refractivity contribution >= 4 is 23.5 Å². The normalized spacial score (nSPS) is 17.2. The van der Waals surface area contributed by atoms with Gasteiger partial charge in [0.25, 0.3) is 0 Å². The number of hydrogen-bond donors (Lipinski definition) is 2. The predicted molar refractivity (Wildman–Crippen MR) is 68.6 cm³/mol. The van der Waals surface area contributed by atoms with E-state index in [0.29, 0.717) is 17.9 Å². The average Bonchev–Trinajstić information content (AvgIpc) is 2.67. The first-order valence-corrected chi connectivity index (χ1v) is 6.98. The van der Waals surface area contributed by atoms with E-state index >= 15 is 0 Å². The van der Waals surface area contributed by atoms with E-state index < -0.39 is 5.97 Å². The van der Waals surface area contributed by atoms with Crippen molar-refractivity contribution in [1.82, 2.24) is 9.78 Å². The average molecular weight is 255 g/mol. The molecule has 1 aromatic rings. The van der Waals surface area contributed by atoms with Crippen molar-refractivity contribution in [3.63, 3.8) is 0 Å². The molecule has 1 fully saturated rings. The van der Waals surface area contributed by atoms with Gasteiger partial charge in [0.1, 0.15) is 11.4 Å². The Balaban J connectivity index is 2.37. The molecule has 1 aromatic heterocycles. The van der Waals surface area contributed by atoms with Gasteiger partial charge in [-0.1, -0.05) is 6.92 Å². The predicted octanol–water partition coefficient (Wildman–Crippen LogP) is 1.79. The Morgan fingerprint density at radius 2 is 2.24 bits per heavy atom. The number of aromatic carboxylic acids is 1. The summed E-state index contributed by atoms with van der Waals surface area (Å²) in [7, 11) is 0. The highest BCUT2D eigenvalue weighted by Crippen LogP contribution is 2.30. The molecule has 0 aliphatic carbocycles. The number of anilines is 1. The van der Waals surface area contributed by atoms with Gasteiger partial charge in [0.05, 0.1) is 11.7 Å². The summed E-state index contributed by atoms with van der Waals surface area (Å²) < 4.78 is 1.72. The monoisotopic (exact) mass is 255 g/mol. The zero-order valence-corrected chi connectivity index (χ0v) is 10.7. The first kappa shape index (κ1) is 12.3. The quantitative estimate of drug-likeness (QED) is 0.860. The lowest BCUT2D eigenvalue weighted by Gasteiger charge is -2.22. The van der Waals surface area contributed by atoms with E-state index in [0.717, 1.165) is 24.3 Å². The maximum absolute atomic E-state index is 11.2. The number of hydrogen-bond acceptors (Lipinski definition) is 4. The van der Waals surface area contributed by atoms with Crippen molar-refractivity contribution in [2.75, 3.05) is 17.2 Å². The van der Waals surface area contributed by atoms with Crippen LogP contribution in [0.15, 0.2) is 0 Å². The summed E-state index contributed by atoms with van der Waals surface area (Å²) >= 11 is 1.92. The molecule has 0 unspecified atom stereocenters. The molecular formula is C11H17N3O2S. The molecule has 6 heteroatoms. The molecule has 0 bridgehead atoms. The van der Waals surface area contributed by atoms with Crippen LogP contribution in [0.1, 0.15) is 41.9 Å². The van der Waals surface area contributed by atoms with Crippen LogP contribution in [0.4, 0.5) is 5.82 Å². The summed E-state index contributed by atoms with van der Waals surface area (Å²) in [4.78, 5) is 11.2. The van der Waals surface area contributed by atoms with Crippen LogP contribution in [0.25, 0.3) is 0 Å². The van der Waals surface area contributed by atoms with E-state index in [1.165, 1.54) is 0 Å². The number of nitrogens with two attached hydrogens (primary N) is 1. The second-order valence-electron chi connectivity index (χ2n) is 4.15. The second-order valence-corrected chi connectivity index (χ2v) is 5.38. The molecule has 1 saturated heterocycles. The number of carboxylic acid groups (broad SMARTS) is 1. The van der Waals surface area contributed by atoms with E-state index in [2.05, 4.69) is 5.10 Å². The van der Waals surface area contributed by atoms with Gasteiger partial charge in [-0.3, -0.25) is 0 Å². The Kier molecular flexibility index (Phi) is 3.61. The standard InChI is InChI=1S/C11H17N3O2S/c1-2-8-9(11(15)16)10(12)14(13-8)7-3-5-17-6-4-7/h7H,2-6,12H2,1H3,(H,15,16). The number of carboxylic acids is 1. The molecule has 17 heavy (non-hydrogen) atoms. The molecule has 0 spiro atoms. The summed E-state index contributed by atoms with van der Waals surface area (Å²) in [5, 5.41) is 13.5. The van der Waals surface area contributed by atoms with E-state index in [4.69, 9.17) is 10.8 Å². The van der Waals surface area contributed by atoms with Gasteiger partial charge >= 0.3 is 5.97 Å². The van der Waals surface area contributed by atoms with Crippen molar-refractivity contribution in [1.29, 1.82) is 0 Å². The summed E-state index contributed by atoms with van der Waals surface area (Å²) in [6, 6.07) is 0.259. The molecule has 0 saturated carbocycles. The Hall–Kier alpha value is -1.17. The molecule has 1 aliphatic rings. The first-order valence-electron chi connectivity index (χ1n) is 5.83. The topological polar surface area (TPSA) is 81.1 Å². The van der Waals surface area contributed by atoms with Gasteiger partial charge in [-0.05, 0) is 30.8 Å². The van der Waals surface area contributed by atoms with Crippen LogP contribution in [0.3, 0.4) is 0 Å². The molecule has 3 N–H and O–H groups in total. The number of aromatic nitrogens is 2. The third-order valence-electron chi connectivity index (χ3n) is 3.11. The minimum Gasteiger partial charge on any atom is -0.477 e. The van der Waals surface area contributed by atoms with Crippen LogP contribution in [-0.4, -0.2) is 32.4 Å². The van der Waals surface area contributed by atoms with E-state index in [9.17, 15) is 4.79 Å². The molecule has 1 aliphatic heterocycles. The van der Waals surface area contributed by atoms with Gasteiger partial charge < -0.3 is 10.8 Å². The Labute approximate surface area is 104 Å². The zero-order chi connectivity index (χ0) is 12.4. The van der Waals surface area contributed by atoms with E-state index in [1.807, 2.05) is 18.7 Å². The van der Waals surface area contributed by atoms with Gasteiger partial charge in [-0.25, -0.2) is 9.48 Å². The summed E-state index contributed by atoms with van der Waals surface area (Å²) in [6.45, 7) is 1.90. The van der Waals surface area contributed by atoms with Gasteiger partial charge in [0.15, 0.2) is 0 Å². The number of thioether (sulfide) groups is 1. The summed E-state index contributed by atoms with van der Waals surface area (Å²) in [5.41, 5.74) is 6.70. The first-order chi connectivity index (χ1) is 8.15. The van der Waals surface area contributed by atoms with Crippen LogP contribution < -0.4 is 5.73 Å². The maximum Gasteiger partial charge on any atom is 0.341 e. The molecule has 0 atom stereocenters. The lowest BCUT2D eigenvalue weighted by Crippen LogP contribution is -2.18. The van der Waals surface area contributed by atoms with Crippen molar-refractivity contribution < 1.29 is 9.90 Å². The lowest BCUT2D eigenvalue weighted by atomic mass is 10.1. The van der Waals surface area contributed by atoms with Crippen molar-refractivity contribution in [2.45, 2.75) is 32.2 Å². The fraction of sp³-hybridized carbons (Fsp3) is 0.636. The molecular weight excluding hydrogens is 238 g/mol. The van der Waals surface area contributed by atoms with Gasteiger partial charge in [-0.15, -0.1) is 0 Å². The number of aryl methyl sites for hydroxylation is 1. The Morgan fingerprint density at radius 3 is 2.71 bits per heavy atom. The molecule has 0 amide bonds. The molecule has 5 nitrogen and oxygen atoms in total. The minimum absolute atomic E-state index is 0.186. The van der Waals surface area contributed by atoms with Crippen molar-refractivity contribution in [2.24, 2.45) is 0 Å². The summed E-state index contributed by atoms with van der Waals surface area (Å²) in [5.74, 6) is 1.52.